The van der Waals surface area contributed by atoms with Crippen molar-refractivity contribution in [1.82, 2.24) is 4.90 Å². The highest BCUT2D eigenvalue weighted by atomic mass is 16.6. The Morgan fingerprint density at radius 3 is 2.72 bits per heavy atom. The molecule has 1 aromatic carbocycles. The molecule has 1 aliphatic carbocycles. The first-order chi connectivity index (χ1) is 14.1. The van der Waals surface area contributed by atoms with Crippen LogP contribution in [0.5, 0.6) is 11.5 Å². The Bertz CT molecular complexity index is 644. The zero-order valence-corrected chi connectivity index (χ0v) is 17.9. The Balaban J connectivity index is 1.39. The van der Waals surface area contributed by atoms with Gasteiger partial charge >= 0.3 is 0 Å². The highest BCUT2D eigenvalue weighted by molar-refractivity contribution is 5.72. The van der Waals surface area contributed by atoms with E-state index < -0.39 is 0 Å². The minimum absolute atomic E-state index is 0.158. The van der Waals surface area contributed by atoms with Crippen LogP contribution >= 0.6 is 0 Å². The van der Waals surface area contributed by atoms with Crippen LogP contribution < -0.4 is 9.57 Å². The Hall–Kier alpha value is -1.79. The van der Waals surface area contributed by atoms with Crippen molar-refractivity contribution in [2.24, 2.45) is 11.1 Å². The van der Waals surface area contributed by atoms with E-state index in [2.05, 4.69) is 17.1 Å². The molecule has 0 amide bonds. The fraction of sp³-hybridized carbons (Fsp3) is 0.696. The molecular formula is C23H36N2O4. The third-order valence-electron chi connectivity index (χ3n) is 5.94. The predicted molar refractivity (Wildman–Crippen MR) is 114 cm³/mol. The Kier molecular flexibility index (Phi) is 8.62. The molecule has 162 valence electrons. The lowest BCUT2D eigenvalue weighted by molar-refractivity contribution is 0.0664. The molecule has 2 aliphatic rings. The molecule has 0 bridgehead atoms. The van der Waals surface area contributed by atoms with Crippen molar-refractivity contribution < 1.29 is 19.4 Å². The van der Waals surface area contributed by atoms with Crippen LogP contribution in [0.3, 0.4) is 0 Å². The molecule has 1 aromatic rings. The van der Waals surface area contributed by atoms with E-state index in [1.807, 2.05) is 31.2 Å². The molecule has 1 saturated heterocycles. The van der Waals surface area contributed by atoms with Crippen LogP contribution in [-0.4, -0.2) is 54.9 Å². The molecule has 2 fully saturated rings. The zero-order valence-electron chi connectivity index (χ0n) is 17.9. The number of hydrogen-bond donors (Lipinski definition) is 1. The van der Waals surface area contributed by atoms with Crippen molar-refractivity contribution in [3.63, 3.8) is 0 Å². The van der Waals surface area contributed by atoms with E-state index in [1.54, 1.807) is 0 Å². The number of oxime groups is 1. The van der Waals surface area contributed by atoms with Gasteiger partial charge in [0.15, 0.2) is 5.75 Å². The Morgan fingerprint density at radius 2 is 1.90 bits per heavy atom. The standard InChI is InChI=1S/C23H36N2O4/c1-18(27-16-13-19-5-4-14-25(2)15-12-19)24-29-23-7-3-6-22(17-23)28-21-10-8-20(26)9-11-21/h3,6-7,17,19-21,26H,4-5,8-16H2,1-2H3/b24-18+. The number of aliphatic hydroxyl groups excluding tert-OH is 1. The van der Waals surface area contributed by atoms with Crippen LogP contribution in [0.25, 0.3) is 0 Å². The van der Waals surface area contributed by atoms with Crippen LogP contribution in [-0.2, 0) is 4.74 Å². The lowest BCUT2D eigenvalue weighted by Gasteiger charge is -2.26. The molecule has 0 radical (unpaired) electrons. The average molecular weight is 405 g/mol. The smallest absolute Gasteiger partial charge is 0.223 e. The monoisotopic (exact) mass is 404 g/mol. The highest BCUT2D eigenvalue weighted by Gasteiger charge is 2.20. The van der Waals surface area contributed by atoms with E-state index in [9.17, 15) is 5.11 Å². The number of benzene rings is 1. The van der Waals surface area contributed by atoms with Crippen LogP contribution in [0.4, 0.5) is 0 Å². The SMILES string of the molecule is C/C(=N\Oc1cccc(OC2CCC(O)CC2)c1)OCCC1CCCN(C)CC1. The van der Waals surface area contributed by atoms with Gasteiger partial charge in [0.05, 0.1) is 18.8 Å². The molecule has 29 heavy (non-hydrogen) atoms. The first kappa shape index (κ1) is 21.9. The first-order valence-corrected chi connectivity index (χ1v) is 11.1. The topological polar surface area (TPSA) is 63.5 Å². The molecule has 0 aromatic heterocycles. The summed E-state index contributed by atoms with van der Waals surface area (Å²) in [7, 11) is 2.20. The Morgan fingerprint density at radius 1 is 1.10 bits per heavy atom. The van der Waals surface area contributed by atoms with Gasteiger partial charge < -0.3 is 24.3 Å². The minimum atomic E-state index is -0.175. The molecule has 1 heterocycles. The maximum Gasteiger partial charge on any atom is 0.223 e. The lowest BCUT2D eigenvalue weighted by Crippen LogP contribution is -2.26. The van der Waals surface area contributed by atoms with E-state index in [0.717, 1.165) is 43.8 Å². The second kappa shape index (κ2) is 11.4. The van der Waals surface area contributed by atoms with Gasteiger partial charge in [0, 0.05) is 13.0 Å². The fourth-order valence-corrected chi connectivity index (χ4v) is 4.07. The van der Waals surface area contributed by atoms with Gasteiger partial charge in [-0.1, -0.05) is 6.07 Å². The number of hydrogen-bond acceptors (Lipinski definition) is 6. The summed E-state index contributed by atoms with van der Waals surface area (Å²) in [5, 5.41) is 13.7. The van der Waals surface area contributed by atoms with Crippen molar-refractivity contribution in [2.75, 3.05) is 26.7 Å². The van der Waals surface area contributed by atoms with Crippen LogP contribution in [0.2, 0.25) is 0 Å². The molecule has 3 rings (SSSR count). The Labute approximate surface area is 174 Å². The van der Waals surface area contributed by atoms with Crippen molar-refractivity contribution >= 4 is 5.90 Å². The van der Waals surface area contributed by atoms with Gasteiger partial charge in [-0.3, -0.25) is 0 Å². The fourth-order valence-electron chi connectivity index (χ4n) is 4.07. The lowest BCUT2D eigenvalue weighted by atomic mass is 9.95. The van der Waals surface area contributed by atoms with Crippen LogP contribution in [0, 0.1) is 5.92 Å². The van der Waals surface area contributed by atoms with Gasteiger partial charge in [-0.25, -0.2) is 0 Å². The zero-order chi connectivity index (χ0) is 20.5. The van der Waals surface area contributed by atoms with Gasteiger partial charge in [0.1, 0.15) is 5.75 Å². The summed E-state index contributed by atoms with van der Waals surface area (Å²) in [6, 6.07) is 7.53. The second-order valence-corrected chi connectivity index (χ2v) is 8.46. The van der Waals surface area contributed by atoms with Crippen LogP contribution in [0.1, 0.15) is 58.3 Å². The third-order valence-corrected chi connectivity index (χ3v) is 5.94. The van der Waals surface area contributed by atoms with Gasteiger partial charge in [0.2, 0.25) is 5.90 Å². The molecular weight excluding hydrogens is 368 g/mol. The second-order valence-electron chi connectivity index (χ2n) is 8.46. The number of nitrogens with zero attached hydrogens (tertiary/aromatic N) is 2. The maximum absolute atomic E-state index is 9.61. The number of aliphatic hydroxyl groups is 1. The van der Waals surface area contributed by atoms with E-state index >= 15 is 0 Å². The van der Waals surface area contributed by atoms with Gasteiger partial charge in [-0.2, -0.15) is 0 Å². The molecule has 1 unspecified atom stereocenters. The normalized spacial score (nSPS) is 26.6. The molecule has 6 nitrogen and oxygen atoms in total. The number of likely N-dealkylation sites (tertiary alicyclic amines) is 1. The van der Waals surface area contributed by atoms with Crippen LogP contribution in [0.15, 0.2) is 29.4 Å². The minimum Gasteiger partial charge on any atom is -0.490 e. The summed E-state index contributed by atoms with van der Waals surface area (Å²) in [6.07, 6.45) is 8.24. The quantitative estimate of drug-likeness (QED) is 0.419. The summed E-state index contributed by atoms with van der Waals surface area (Å²) in [6.45, 7) is 4.90. The van der Waals surface area contributed by atoms with E-state index in [0.29, 0.717) is 18.3 Å². The van der Waals surface area contributed by atoms with E-state index in [4.69, 9.17) is 14.3 Å². The summed E-state index contributed by atoms with van der Waals surface area (Å²) in [5.41, 5.74) is 0. The molecule has 1 saturated carbocycles. The van der Waals surface area contributed by atoms with Crippen molar-refractivity contribution in [3.8, 4) is 11.5 Å². The number of ether oxygens (including phenoxy) is 2. The summed E-state index contributed by atoms with van der Waals surface area (Å²) in [4.78, 5) is 7.94. The summed E-state index contributed by atoms with van der Waals surface area (Å²) < 4.78 is 11.8. The third kappa shape index (κ3) is 7.86. The largest absolute Gasteiger partial charge is 0.490 e. The summed E-state index contributed by atoms with van der Waals surface area (Å²) in [5.74, 6) is 2.69. The van der Waals surface area contributed by atoms with E-state index in [-0.39, 0.29) is 12.2 Å². The molecule has 1 N–H and O–H groups in total. The maximum atomic E-state index is 9.61. The molecule has 1 aliphatic heterocycles. The van der Waals surface area contributed by atoms with Crippen molar-refractivity contribution in [3.05, 3.63) is 24.3 Å². The molecule has 6 heteroatoms. The van der Waals surface area contributed by atoms with Gasteiger partial charge in [-0.05, 0) is 94.7 Å². The first-order valence-electron chi connectivity index (χ1n) is 11.1. The van der Waals surface area contributed by atoms with Crippen molar-refractivity contribution in [2.45, 2.75) is 70.5 Å². The molecule has 0 spiro atoms. The highest BCUT2D eigenvalue weighted by Crippen LogP contribution is 2.26. The van der Waals surface area contributed by atoms with Gasteiger partial charge in [0.25, 0.3) is 0 Å². The predicted octanol–water partition coefficient (Wildman–Crippen LogP) is 4.22. The average Bonchev–Trinajstić information content (AvgIpc) is 2.93. The molecule has 1 atom stereocenters. The number of rotatable bonds is 7. The van der Waals surface area contributed by atoms with Crippen molar-refractivity contribution in [1.29, 1.82) is 0 Å². The summed E-state index contributed by atoms with van der Waals surface area (Å²) >= 11 is 0. The van der Waals surface area contributed by atoms with Gasteiger partial charge in [-0.15, -0.1) is 0 Å². The van der Waals surface area contributed by atoms with E-state index in [1.165, 1.54) is 32.4 Å².